The van der Waals surface area contributed by atoms with E-state index >= 15 is 0 Å². The van der Waals surface area contributed by atoms with Gasteiger partial charge in [-0.3, -0.25) is 4.79 Å². The van der Waals surface area contributed by atoms with E-state index in [-0.39, 0.29) is 18.2 Å². The Balaban J connectivity index is 2.06. The first-order valence-corrected chi connectivity index (χ1v) is 8.15. The first kappa shape index (κ1) is 18.2. The van der Waals surface area contributed by atoms with Gasteiger partial charge in [-0.05, 0) is 30.5 Å². The van der Waals surface area contributed by atoms with Gasteiger partial charge in [0.05, 0.1) is 6.04 Å². The molecule has 1 N–H and O–H groups in total. The number of aryl methyl sites for hydroxylation is 1. The summed E-state index contributed by atoms with van der Waals surface area (Å²) in [6.07, 6.45) is 1.16. The van der Waals surface area contributed by atoms with Crippen molar-refractivity contribution >= 4 is 5.91 Å². The van der Waals surface area contributed by atoms with Crippen molar-refractivity contribution in [1.82, 2.24) is 5.32 Å². The SMILES string of the molecule is COC(CCc1ccccc1C(=O)N[C@H](C)c1ccccc1)OC. The molecule has 0 radical (unpaired) electrons. The molecule has 4 nitrogen and oxygen atoms in total. The predicted octanol–water partition coefficient (Wildman–Crippen LogP) is 3.73. The maximum atomic E-state index is 12.7. The summed E-state index contributed by atoms with van der Waals surface area (Å²) in [5.41, 5.74) is 2.78. The van der Waals surface area contributed by atoms with Gasteiger partial charge in [0.25, 0.3) is 5.91 Å². The van der Waals surface area contributed by atoms with E-state index < -0.39 is 0 Å². The van der Waals surface area contributed by atoms with Gasteiger partial charge in [-0.15, -0.1) is 0 Å². The molecule has 2 aromatic rings. The molecule has 0 aromatic heterocycles. The van der Waals surface area contributed by atoms with E-state index in [2.05, 4.69) is 5.32 Å². The van der Waals surface area contributed by atoms with Crippen molar-refractivity contribution in [2.45, 2.75) is 32.1 Å². The van der Waals surface area contributed by atoms with Gasteiger partial charge in [-0.1, -0.05) is 48.5 Å². The van der Waals surface area contributed by atoms with E-state index in [1.807, 2.05) is 61.5 Å². The van der Waals surface area contributed by atoms with Crippen molar-refractivity contribution in [3.8, 4) is 0 Å². The lowest BCUT2D eigenvalue weighted by Crippen LogP contribution is -2.27. The smallest absolute Gasteiger partial charge is 0.252 e. The molecule has 0 saturated heterocycles. The molecule has 128 valence electrons. The molecule has 0 spiro atoms. The average Bonchev–Trinajstić information content (AvgIpc) is 2.63. The zero-order valence-electron chi connectivity index (χ0n) is 14.5. The summed E-state index contributed by atoms with van der Waals surface area (Å²) in [4.78, 5) is 12.7. The maximum absolute atomic E-state index is 12.7. The Labute approximate surface area is 143 Å². The quantitative estimate of drug-likeness (QED) is 0.752. The monoisotopic (exact) mass is 327 g/mol. The van der Waals surface area contributed by atoms with Crippen LogP contribution in [0.3, 0.4) is 0 Å². The van der Waals surface area contributed by atoms with Crippen molar-refractivity contribution in [3.05, 3.63) is 71.3 Å². The minimum atomic E-state index is -0.260. The largest absolute Gasteiger partial charge is 0.356 e. The Kier molecular flexibility index (Phi) is 6.97. The molecule has 4 heteroatoms. The number of benzene rings is 2. The van der Waals surface area contributed by atoms with E-state index in [9.17, 15) is 4.79 Å². The fourth-order valence-electron chi connectivity index (χ4n) is 2.66. The summed E-state index contributed by atoms with van der Waals surface area (Å²) in [7, 11) is 3.24. The predicted molar refractivity (Wildman–Crippen MR) is 94.9 cm³/mol. The van der Waals surface area contributed by atoms with Crippen LogP contribution in [0.15, 0.2) is 54.6 Å². The van der Waals surface area contributed by atoms with Gasteiger partial charge in [-0.2, -0.15) is 0 Å². The molecule has 0 aliphatic rings. The first-order chi connectivity index (χ1) is 11.7. The second kappa shape index (κ2) is 9.21. The molecular weight excluding hydrogens is 302 g/mol. The van der Waals surface area contributed by atoms with Crippen LogP contribution in [0.25, 0.3) is 0 Å². The number of hydrogen-bond acceptors (Lipinski definition) is 3. The third-order valence-electron chi connectivity index (χ3n) is 4.08. The van der Waals surface area contributed by atoms with E-state index in [0.29, 0.717) is 12.0 Å². The second-order valence-electron chi connectivity index (χ2n) is 5.70. The number of methoxy groups -OCH3 is 2. The van der Waals surface area contributed by atoms with Crippen LogP contribution in [0, 0.1) is 0 Å². The number of rotatable bonds is 8. The van der Waals surface area contributed by atoms with Gasteiger partial charge in [0.2, 0.25) is 0 Å². The van der Waals surface area contributed by atoms with Crippen molar-refractivity contribution in [2.75, 3.05) is 14.2 Å². The molecule has 1 amide bonds. The summed E-state index contributed by atoms with van der Waals surface area (Å²) < 4.78 is 10.4. The van der Waals surface area contributed by atoms with Gasteiger partial charge in [0.15, 0.2) is 6.29 Å². The van der Waals surface area contributed by atoms with Crippen LogP contribution in [0.5, 0.6) is 0 Å². The second-order valence-corrected chi connectivity index (χ2v) is 5.70. The first-order valence-electron chi connectivity index (χ1n) is 8.15. The Morgan fingerprint density at radius 3 is 2.29 bits per heavy atom. The van der Waals surface area contributed by atoms with Gasteiger partial charge in [0.1, 0.15) is 0 Å². The zero-order chi connectivity index (χ0) is 17.4. The van der Waals surface area contributed by atoms with Gasteiger partial charge in [0, 0.05) is 26.2 Å². The Morgan fingerprint density at radius 2 is 1.62 bits per heavy atom. The van der Waals surface area contributed by atoms with Crippen LogP contribution >= 0.6 is 0 Å². The molecule has 0 heterocycles. The fourth-order valence-corrected chi connectivity index (χ4v) is 2.66. The highest BCUT2D eigenvalue weighted by molar-refractivity contribution is 5.95. The van der Waals surface area contributed by atoms with E-state index in [1.54, 1.807) is 14.2 Å². The lowest BCUT2D eigenvalue weighted by molar-refractivity contribution is -0.105. The molecule has 2 rings (SSSR count). The van der Waals surface area contributed by atoms with Crippen LogP contribution in [-0.2, 0) is 15.9 Å². The molecule has 0 saturated carbocycles. The minimum Gasteiger partial charge on any atom is -0.356 e. The maximum Gasteiger partial charge on any atom is 0.252 e. The van der Waals surface area contributed by atoms with Crippen molar-refractivity contribution in [2.24, 2.45) is 0 Å². The molecule has 0 unspecified atom stereocenters. The van der Waals surface area contributed by atoms with Crippen LogP contribution in [0.4, 0.5) is 0 Å². The van der Waals surface area contributed by atoms with Crippen LogP contribution in [-0.4, -0.2) is 26.4 Å². The molecule has 0 fully saturated rings. The summed E-state index contributed by atoms with van der Waals surface area (Å²) in [5, 5.41) is 3.07. The lowest BCUT2D eigenvalue weighted by Gasteiger charge is -2.17. The molecule has 0 aliphatic carbocycles. The average molecular weight is 327 g/mol. The van der Waals surface area contributed by atoms with Crippen LogP contribution < -0.4 is 5.32 Å². The number of hydrogen-bond donors (Lipinski definition) is 1. The number of carbonyl (C=O) groups is 1. The van der Waals surface area contributed by atoms with Crippen molar-refractivity contribution < 1.29 is 14.3 Å². The third kappa shape index (κ3) is 4.91. The van der Waals surface area contributed by atoms with E-state index in [0.717, 1.165) is 17.5 Å². The Bertz CT molecular complexity index is 638. The third-order valence-corrected chi connectivity index (χ3v) is 4.08. The highest BCUT2D eigenvalue weighted by atomic mass is 16.7. The molecule has 24 heavy (non-hydrogen) atoms. The fraction of sp³-hybridized carbons (Fsp3) is 0.350. The summed E-state index contributed by atoms with van der Waals surface area (Å²) in [6, 6.07) is 17.6. The molecule has 2 aromatic carbocycles. The number of nitrogens with one attached hydrogen (secondary N) is 1. The molecule has 0 aliphatic heterocycles. The van der Waals surface area contributed by atoms with Crippen LogP contribution in [0.1, 0.15) is 40.9 Å². The van der Waals surface area contributed by atoms with E-state index in [1.165, 1.54) is 0 Å². The molecule has 1 atom stereocenters. The Hall–Kier alpha value is -2.17. The number of amides is 1. The van der Waals surface area contributed by atoms with E-state index in [4.69, 9.17) is 9.47 Å². The number of carbonyl (C=O) groups excluding carboxylic acids is 1. The minimum absolute atomic E-state index is 0.0440. The molecule has 0 bridgehead atoms. The lowest BCUT2D eigenvalue weighted by atomic mass is 10.0. The highest BCUT2D eigenvalue weighted by Gasteiger charge is 2.15. The van der Waals surface area contributed by atoms with Crippen molar-refractivity contribution in [3.63, 3.8) is 0 Å². The highest BCUT2D eigenvalue weighted by Crippen LogP contribution is 2.16. The standard InChI is InChI=1S/C20H25NO3/c1-15(16-9-5-4-6-10-16)21-20(22)18-12-8-7-11-17(18)13-14-19(23-2)24-3/h4-12,15,19H,13-14H2,1-3H3,(H,21,22)/t15-/m1/s1. The Morgan fingerprint density at radius 1 is 1.00 bits per heavy atom. The van der Waals surface area contributed by atoms with Gasteiger partial charge >= 0.3 is 0 Å². The van der Waals surface area contributed by atoms with Gasteiger partial charge in [-0.25, -0.2) is 0 Å². The summed E-state index contributed by atoms with van der Waals surface area (Å²) >= 11 is 0. The van der Waals surface area contributed by atoms with Gasteiger partial charge < -0.3 is 14.8 Å². The van der Waals surface area contributed by atoms with Crippen LogP contribution in [0.2, 0.25) is 0 Å². The summed E-state index contributed by atoms with van der Waals surface area (Å²) in [5.74, 6) is -0.0617. The summed E-state index contributed by atoms with van der Waals surface area (Å²) in [6.45, 7) is 1.99. The zero-order valence-corrected chi connectivity index (χ0v) is 14.5. The topological polar surface area (TPSA) is 47.6 Å². The van der Waals surface area contributed by atoms with Crippen molar-refractivity contribution in [1.29, 1.82) is 0 Å². The molecular formula is C20H25NO3. The normalized spacial score (nSPS) is 12.2. The number of ether oxygens (including phenoxy) is 2.